The Hall–Kier alpha value is -3.18. The van der Waals surface area contributed by atoms with Crippen LogP contribution in [0.5, 0.6) is 11.5 Å². The molecule has 2 aromatic rings. The molecule has 3 aliphatic heterocycles. The Morgan fingerprint density at radius 1 is 1.04 bits per heavy atom. The van der Waals surface area contributed by atoms with Gasteiger partial charge >= 0.3 is 11.9 Å². The van der Waals surface area contributed by atoms with Crippen LogP contribution in [0, 0.1) is 17.3 Å². The van der Waals surface area contributed by atoms with Gasteiger partial charge < -0.3 is 34.6 Å². The van der Waals surface area contributed by atoms with E-state index in [-0.39, 0.29) is 23.0 Å². The highest BCUT2D eigenvalue weighted by Crippen LogP contribution is 2.69. The normalized spacial score (nSPS) is 33.2. The summed E-state index contributed by atoms with van der Waals surface area (Å²) in [5.41, 5.74) is 4.85. The summed E-state index contributed by atoms with van der Waals surface area (Å²) in [7, 11) is 1.79. The second-order valence-electron chi connectivity index (χ2n) is 14.0. The Bertz CT molecular complexity index is 1430. The van der Waals surface area contributed by atoms with Crippen molar-refractivity contribution in [3.8, 4) is 11.5 Å². The molecule has 0 amide bonds. The fourth-order valence-electron chi connectivity index (χ4n) is 9.20. The number of methoxy groups -OCH3 is 1. The summed E-state index contributed by atoms with van der Waals surface area (Å²) in [6, 6.07) is 16.1. The maximum atomic E-state index is 9.77. The Morgan fingerprint density at radius 2 is 1.78 bits per heavy atom. The fraction of sp³-hybridized carbons (Fsp3) is 0.600. The van der Waals surface area contributed by atoms with Gasteiger partial charge in [0, 0.05) is 29.0 Å². The molecule has 2 aromatic carbocycles. The number of hydrogen-bond donors (Lipinski definition) is 4. The average molecular weight is 622 g/mol. The van der Waals surface area contributed by atoms with Crippen LogP contribution in [0.3, 0.4) is 0 Å². The number of nitrogens with zero attached hydrogens (tertiary/aromatic N) is 1. The summed E-state index contributed by atoms with van der Waals surface area (Å²) in [6.07, 6.45) is 6.00. The van der Waals surface area contributed by atoms with Crippen LogP contribution in [0.15, 0.2) is 42.5 Å². The predicted molar refractivity (Wildman–Crippen MR) is 162 cm³/mol. The number of carbonyl (C=O) groups is 2. The van der Waals surface area contributed by atoms with E-state index in [0.717, 1.165) is 30.4 Å². The van der Waals surface area contributed by atoms with Gasteiger partial charge in [0.1, 0.15) is 12.2 Å². The minimum atomic E-state index is -2.27. The first-order chi connectivity index (χ1) is 21.7. The number of aliphatic carboxylic acids is 2. The number of carboxylic acids is 2. The lowest BCUT2D eigenvalue weighted by Crippen LogP contribution is -2.75. The molecule has 10 heteroatoms. The first kappa shape index (κ1) is 30.5. The average Bonchev–Trinajstić information content (AvgIpc) is 3.78. The molecular weight excluding hydrogens is 578 g/mol. The zero-order chi connectivity index (χ0) is 31.5. The van der Waals surface area contributed by atoms with Gasteiger partial charge in [-0.3, -0.25) is 4.90 Å². The van der Waals surface area contributed by atoms with Crippen LogP contribution in [-0.2, 0) is 32.6 Å². The Labute approximate surface area is 262 Å². The molecule has 10 nitrogen and oxygen atoms in total. The van der Waals surface area contributed by atoms with E-state index in [1.807, 2.05) is 0 Å². The lowest BCUT2D eigenvalue weighted by Gasteiger charge is -2.67. The van der Waals surface area contributed by atoms with Gasteiger partial charge in [-0.1, -0.05) is 36.4 Å². The van der Waals surface area contributed by atoms with Crippen molar-refractivity contribution in [2.24, 2.45) is 17.3 Å². The molecule has 3 aliphatic carbocycles. The van der Waals surface area contributed by atoms with Crippen molar-refractivity contribution >= 4 is 11.9 Å². The van der Waals surface area contributed by atoms with Gasteiger partial charge in [-0.05, 0) is 86.9 Å². The van der Waals surface area contributed by atoms with Crippen molar-refractivity contribution in [3.63, 3.8) is 0 Å². The molecule has 4 fully saturated rings. The number of hydrogen-bond acceptors (Lipinski definition) is 8. The lowest BCUT2D eigenvalue weighted by molar-refractivity contribution is -0.280. The van der Waals surface area contributed by atoms with E-state index < -0.39 is 24.1 Å². The topological polar surface area (TPSA) is 146 Å². The third kappa shape index (κ3) is 5.01. The van der Waals surface area contributed by atoms with Crippen LogP contribution in [0.1, 0.15) is 55.2 Å². The first-order valence-corrected chi connectivity index (χ1v) is 16.3. The number of piperidine rings is 1. The number of rotatable bonds is 10. The van der Waals surface area contributed by atoms with Crippen LogP contribution >= 0.6 is 0 Å². The molecule has 8 rings (SSSR count). The number of carboxylic acid groups (broad SMARTS) is 2. The third-order valence-corrected chi connectivity index (χ3v) is 11.5. The second kappa shape index (κ2) is 11.6. The molecule has 2 saturated heterocycles. The molecule has 6 aliphatic rings. The van der Waals surface area contributed by atoms with E-state index in [9.17, 15) is 9.59 Å². The van der Waals surface area contributed by atoms with Gasteiger partial charge in [0.05, 0.1) is 13.7 Å². The number of aryl methyl sites for hydroxylation is 1. The summed E-state index contributed by atoms with van der Waals surface area (Å²) in [4.78, 5) is 22.4. The van der Waals surface area contributed by atoms with Gasteiger partial charge in [0.2, 0.25) is 0 Å². The molecule has 2 bridgehead atoms. The third-order valence-electron chi connectivity index (χ3n) is 11.5. The predicted octanol–water partition coefficient (Wildman–Crippen LogP) is 3.04. The minimum Gasteiger partial charge on any atom is -0.493 e. The van der Waals surface area contributed by atoms with Crippen molar-refractivity contribution in [3.05, 3.63) is 59.2 Å². The highest BCUT2D eigenvalue weighted by atomic mass is 16.6. The van der Waals surface area contributed by atoms with Gasteiger partial charge in [0.15, 0.2) is 23.7 Å². The Kier molecular flexibility index (Phi) is 7.83. The van der Waals surface area contributed by atoms with E-state index >= 15 is 0 Å². The molecule has 6 unspecified atom stereocenters. The lowest BCUT2D eigenvalue weighted by atomic mass is 9.45. The second-order valence-corrected chi connectivity index (χ2v) is 14.0. The van der Waals surface area contributed by atoms with Crippen LogP contribution < -0.4 is 9.47 Å². The van der Waals surface area contributed by atoms with Crippen molar-refractivity contribution in [1.29, 1.82) is 0 Å². The number of aliphatic hydroxyl groups is 2. The van der Waals surface area contributed by atoms with E-state index in [2.05, 4.69) is 47.4 Å². The standard InChI is InChI=1S/C31H37NO3.C4H6O6/c1-33-25-12-11-22-16-24-23-17-30(13-5-8-20-6-3-2-4-7-20)19-34-28(30)29-31(23,26(22)27(25)35-29)14-15-32(24)18-21-9-10-21;5-1(3(7)8)2(6)4(9)10/h2-4,6-7,11-12,21,23-24,28-29H,5,8-10,13-19H2,1H3;1-2,5-6H,(H,7,8)(H,9,10)/t23?,24?,28-,29?,30-,31?;/m1./s1. The molecule has 2 saturated carbocycles. The fourth-order valence-corrected chi connectivity index (χ4v) is 9.20. The molecule has 1 spiro atoms. The van der Waals surface area contributed by atoms with Crippen LogP contribution in [0.2, 0.25) is 0 Å². The van der Waals surface area contributed by atoms with Gasteiger partial charge in [-0.2, -0.15) is 0 Å². The molecule has 4 N–H and O–H groups in total. The SMILES string of the molecule is COc1ccc2c3c1OC1[C@H]4OC[C@@]4(CCCc4ccccc4)CC4C(C2)N(CC2CC2)CCC341.O=C(O)C(O)C(O)C(=O)O. The summed E-state index contributed by atoms with van der Waals surface area (Å²) in [6.45, 7) is 3.43. The van der Waals surface area contributed by atoms with Gasteiger partial charge in [-0.15, -0.1) is 0 Å². The first-order valence-electron chi connectivity index (χ1n) is 16.3. The van der Waals surface area contributed by atoms with E-state index in [1.54, 1.807) is 7.11 Å². The highest BCUT2D eigenvalue weighted by molar-refractivity contribution is 5.83. The number of ether oxygens (including phenoxy) is 3. The summed E-state index contributed by atoms with van der Waals surface area (Å²) in [5, 5.41) is 32.5. The smallest absolute Gasteiger partial charge is 0.335 e. The Morgan fingerprint density at radius 3 is 2.40 bits per heavy atom. The maximum Gasteiger partial charge on any atom is 0.335 e. The summed E-state index contributed by atoms with van der Waals surface area (Å²) < 4.78 is 19.3. The molecule has 0 aromatic heterocycles. The van der Waals surface area contributed by atoms with Gasteiger partial charge in [-0.25, -0.2) is 9.59 Å². The molecular formula is C35H43NO9. The van der Waals surface area contributed by atoms with Crippen LogP contribution in [0.4, 0.5) is 0 Å². The van der Waals surface area contributed by atoms with Gasteiger partial charge in [0.25, 0.3) is 0 Å². The number of benzene rings is 2. The quantitative estimate of drug-likeness (QED) is 0.312. The van der Waals surface area contributed by atoms with Crippen molar-refractivity contribution in [1.82, 2.24) is 4.90 Å². The summed E-state index contributed by atoms with van der Waals surface area (Å²) >= 11 is 0. The molecule has 0 radical (unpaired) electrons. The Balaban J connectivity index is 0.000000284. The molecule has 45 heavy (non-hydrogen) atoms. The van der Waals surface area contributed by atoms with Crippen molar-refractivity contribution in [2.45, 2.75) is 87.2 Å². The zero-order valence-corrected chi connectivity index (χ0v) is 25.6. The van der Waals surface area contributed by atoms with Crippen molar-refractivity contribution < 1.29 is 44.2 Å². The monoisotopic (exact) mass is 621 g/mol. The number of likely N-dealkylation sites (tertiary alicyclic amines) is 1. The molecule has 242 valence electrons. The number of fused-ring (bicyclic) bond motifs is 2. The molecule has 8 atom stereocenters. The zero-order valence-electron chi connectivity index (χ0n) is 25.6. The number of aliphatic hydroxyl groups excluding tert-OH is 2. The van der Waals surface area contributed by atoms with E-state index in [1.165, 1.54) is 74.7 Å². The minimum absolute atomic E-state index is 0.107. The largest absolute Gasteiger partial charge is 0.493 e. The van der Waals surface area contributed by atoms with Crippen LogP contribution in [0.25, 0.3) is 0 Å². The van der Waals surface area contributed by atoms with Crippen LogP contribution in [-0.4, -0.2) is 94.5 Å². The van der Waals surface area contributed by atoms with E-state index in [4.69, 9.17) is 34.6 Å². The maximum absolute atomic E-state index is 9.77. The van der Waals surface area contributed by atoms with Crippen molar-refractivity contribution in [2.75, 3.05) is 26.8 Å². The van der Waals surface area contributed by atoms with E-state index in [0.29, 0.717) is 12.0 Å². The molecule has 3 heterocycles. The highest BCUT2D eigenvalue weighted by Gasteiger charge is 2.73. The summed E-state index contributed by atoms with van der Waals surface area (Å²) in [5.74, 6) is 0.0297.